The van der Waals surface area contributed by atoms with Crippen LogP contribution < -0.4 is 5.73 Å². The van der Waals surface area contributed by atoms with E-state index in [1.165, 1.54) is 0 Å². The number of pyridine rings is 2. The number of nitrogens with zero attached hydrogens (tertiary/aromatic N) is 2. The lowest BCUT2D eigenvalue weighted by Gasteiger charge is -2.52. The molecule has 0 aliphatic heterocycles. The van der Waals surface area contributed by atoms with Crippen molar-refractivity contribution in [3.8, 4) is 22.4 Å². The molecule has 2 aromatic carbocycles. The molecule has 5 rings (SSSR count). The molecule has 0 radical (unpaired) electrons. The Balaban J connectivity index is 0.000000709. The summed E-state index contributed by atoms with van der Waals surface area (Å²) in [5.41, 5.74) is 11.9. The normalized spacial score (nSPS) is 15.3. The minimum absolute atomic E-state index is 0.207. The van der Waals surface area contributed by atoms with Crippen molar-refractivity contribution in [2.45, 2.75) is 46.0 Å². The fraction of sp³-hybridized carbons (Fsp3) is 0.267. The van der Waals surface area contributed by atoms with Gasteiger partial charge >= 0.3 is 0 Å². The third kappa shape index (κ3) is 4.85. The van der Waals surface area contributed by atoms with Crippen molar-refractivity contribution >= 4 is 28.5 Å². The van der Waals surface area contributed by atoms with Gasteiger partial charge in [-0.05, 0) is 48.4 Å². The number of hydrogen-bond donors (Lipinski definition) is 2. The molecule has 0 atom stereocenters. The number of nitrogens with two attached hydrogens (primary N) is 1. The van der Waals surface area contributed by atoms with Gasteiger partial charge in [0.25, 0.3) is 5.97 Å². The lowest BCUT2D eigenvalue weighted by molar-refractivity contribution is -0.134. The molecule has 0 unspecified atom stereocenters. The van der Waals surface area contributed by atoms with Crippen molar-refractivity contribution in [3.05, 3.63) is 78.5 Å². The van der Waals surface area contributed by atoms with Gasteiger partial charge in [-0.2, -0.15) is 0 Å². The first kappa shape index (κ1) is 25.0. The Hall–Kier alpha value is -4.06. The van der Waals surface area contributed by atoms with Gasteiger partial charge in [-0.1, -0.05) is 68.4 Å². The molecule has 0 spiro atoms. The predicted octanol–water partition coefficient (Wildman–Crippen LogP) is 6.28. The maximum atomic E-state index is 12.6. The minimum Gasteiger partial charge on any atom is -0.481 e. The number of fused-ring (bicyclic) bond motifs is 1. The van der Waals surface area contributed by atoms with Gasteiger partial charge < -0.3 is 10.8 Å². The summed E-state index contributed by atoms with van der Waals surface area (Å²) in [5.74, 6) is -0.105. The topological polar surface area (TPSA) is 106 Å². The summed E-state index contributed by atoms with van der Waals surface area (Å²) < 4.78 is 0. The summed E-state index contributed by atoms with van der Waals surface area (Å²) in [6.45, 7) is 7.27. The standard InChI is InChI=1S/C28H27N3O.C2H4O2/c1-18(32)28(16-27(2,3)17-28)21-11-9-20(10-12-21)25-22(19-7-5-4-6-8-19)15-23-24(31-25)13-14-30-26(23)29;1-2(3)4/h4-15H,16-17H2,1-3H3,(H2,29,30);1H3,(H,3,4). The number of carbonyl (C=O) groups excluding carboxylic acids is 1. The maximum absolute atomic E-state index is 12.6. The highest BCUT2D eigenvalue weighted by Gasteiger charge is 2.53. The van der Waals surface area contributed by atoms with E-state index in [4.69, 9.17) is 20.6 Å². The van der Waals surface area contributed by atoms with E-state index in [2.05, 4.69) is 61.3 Å². The lowest BCUT2D eigenvalue weighted by Crippen LogP contribution is -2.51. The van der Waals surface area contributed by atoms with Gasteiger partial charge in [-0.25, -0.2) is 9.97 Å². The van der Waals surface area contributed by atoms with Crippen LogP contribution in [-0.4, -0.2) is 26.8 Å². The number of rotatable bonds is 4. The highest BCUT2D eigenvalue weighted by molar-refractivity contribution is 5.96. The Morgan fingerprint density at radius 2 is 1.53 bits per heavy atom. The Labute approximate surface area is 211 Å². The number of ketones is 1. The monoisotopic (exact) mass is 481 g/mol. The molecule has 2 aromatic heterocycles. The van der Waals surface area contributed by atoms with Gasteiger partial charge in [0.05, 0.1) is 16.6 Å². The van der Waals surface area contributed by atoms with E-state index in [0.717, 1.165) is 58.6 Å². The molecule has 2 heterocycles. The second kappa shape index (κ2) is 9.53. The van der Waals surface area contributed by atoms with Gasteiger partial charge in [-0.3, -0.25) is 9.59 Å². The van der Waals surface area contributed by atoms with Crippen LogP contribution in [0.5, 0.6) is 0 Å². The number of carboxylic acid groups (broad SMARTS) is 1. The van der Waals surface area contributed by atoms with Crippen molar-refractivity contribution in [1.29, 1.82) is 0 Å². The summed E-state index contributed by atoms with van der Waals surface area (Å²) in [4.78, 5) is 30.8. The van der Waals surface area contributed by atoms with Crippen molar-refractivity contribution in [2.24, 2.45) is 5.41 Å². The molecule has 1 aliphatic carbocycles. The van der Waals surface area contributed by atoms with E-state index in [0.29, 0.717) is 5.82 Å². The Morgan fingerprint density at radius 3 is 2.08 bits per heavy atom. The van der Waals surface area contributed by atoms with Gasteiger partial charge in [0.2, 0.25) is 0 Å². The Morgan fingerprint density at radius 1 is 0.917 bits per heavy atom. The van der Waals surface area contributed by atoms with E-state index < -0.39 is 5.97 Å². The summed E-state index contributed by atoms with van der Waals surface area (Å²) in [7, 11) is 0. The first-order valence-electron chi connectivity index (χ1n) is 11.9. The number of aromatic nitrogens is 2. The molecule has 0 saturated heterocycles. The molecule has 0 amide bonds. The molecule has 6 heteroatoms. The second-order valence-corrected chi connectivity index (χ2v) is 10.3. The first-order chi connectivity index (χ1) is 17.0. The first-order valence-corrected chi connectivity index (χ1v) is 11.9. The zero-order valence-electron chi connectivity index (χ0n) is 21.1. The zero-order valence-corrected chi connectivity index (χ0v) is 21.1. The quantitative estimate of drug-likeness (QED) is 0.355. The average Bonchev–Trinajstić information content (AvgIpc) is 2.82. The van der Waals surface area contributed by atoms with Crippen LogP contribution in [0.15, 0.2) is 72.9 Å². The zero-order chi connectivity index (χ0) is 26.1. The Kier molecular flexibility index (Phi) is 6.63. The average molecular weight is 482 g/mol. The van der Waals surface area contributed by atoms with Gasteiger partial charge in [0.1, 0.15) is 11.6 Å². The number of benzene rings is 2. The van der Waals surface area contributed by atoms with Crippen molar-refractivity contribution in [1.82, 2.24) is 9.97 Å². The summed E-state index contributed by atoms with van der Waals surface area (Å²) in [6.07, 6.45) is 3.48. The number of nitrogen functional groups attached to an aromatic ring is 1. The van der Waals surface area contributed by atoms with Gasteiger partial charge in [0, 0.05) is 29.6 Å². The predicted molar refractivity (Wildman–Crippen MR) is 144 cm³/mol. The van der Waals surface area contributed by atoms with Gasteiger partial charge in [0.15, 0.2) is 0 Å². The van der Waals surface area contributed by atoms with E-state index >= 15 is 0 Å². The molecule has 3 N–H and O–H groups in total. The van der Waals surface area contributed by atoms with E-state index in [1.54, 1.807) is 13.1 Å². The third-order valence-electron chi connectivity index (χ3n) is 6.80. The number of anilines is 1. The number of hydrogen-bond acceptors (Lipinski definition) is 5. The van der Waals surface area contributed by atoms with Crippen LogP contribution in [-0.2, 0) is 15.0 Å². The largest absolute Gasteiger partial charge is 0.481 e. The molecule has 1 aliphatic rings. The molecular formula is C30H31N3O3. The van der Waals surface area contributed by atoms with Crippen molar-refractivity contribution in [3.63, 3.8) is 0 Å². The fourth-order valence-corrected chi connectivity index (χ4v) is 5.36. The van der Waals surface area contributed by atoms with E-state index in [-0.39, 0.29) is 16.6 Å². The minimum atomic E-state index is -0.833. The second-order valence-electron chi connectivity index (χ2n) is 10.3. The van der Waals surface area contributed by atoms with Crippen LogP contribution in [0.3, 0.4) is 0 Å². The highest BCUT2D eigenvalue weighted by Crippen LogP contribution is 2.56. The molecule has 184 valence electrons. The van der Waals surface area contributed by atoms with E-state index in [9.17, 15) is 4.79 Å². The van der Waals surface area contributed by atoms with Crippen molar-refractivity contribution in [2.75, 3.05) is 5.73 Å². The number of carbonyl (C=O) groups is 2. The molecule has 4 aromatic rings. The molecule has 0 bridgehead atoms. The Bertz CT molecular complexity index is 1420. The molecule has 6 nitrogen and oxygen atoms in total. The highest BCUT2D eigenvalue weighted by atomic mass is 16.4. The number of aliphatic carboxylic acids is 1. The van der Waals surface area contributed by atoms with Crippen molar-refractivity contribution < 1.29 is 14.7 Å². The SMILES string of the molecule is CC(=O)C1(c2ccc(-c3nc4ccnc(N)c4cc3-c3ccccc3)cc2)CC(C)(C)C1.CC(=O)O. The molecular weight excluding hydrogens is 450 g/mol. The fourth-order valence-electron chi connectivity index (χ4n) is 5.36. The van der Waals surface area contributed by atoms with Crippen LogP contribution in [0.25, 0.3) is 33.3 Å². The number of carboxylic acids is 1. The number of Topliss-reactive ketones (excluding diaryl/α,β-unsaturated/α-hetero) is 1. The lowest BCUT2D eigenvalue weighted by atomic mass is 9.50. The summed E-state index contributed by atoms with van der Waals surface area (Å²) in [5, 5.41) is 8.26. The van der Waals surface area contributed by atoms with Crippen LogP contribution in [0.1, 0.15) is 46.1 Å². The summed E-state index contributed by atoms with van der Waals surface area (Å²) in [6, 6.07) is 22.6. The van der Waals surface area contributed by atoms with Crippen LogP contribution in [0.2, 0.25) is 0 Å². The molecule has 1 saturated carbocycles. The van der Waals surface area contributed by atoms with E-state index in [1.807, 2.05) is 24.3 Å². The van der Waals surface area contributed by atoms with Crippen LogP contribution >= 0.6 is 0 Å². The summed E-state index contributed by atoms with van der Waals surface area (Å²) >= 11 is 0. The molecule has 1 fully saturated rings. The van der Waals surface area contributed by atoms with Gasteiger partial charge in [-0.15, -0.1) is 0 Å². The van der Waals surface area contributed by atoms with Crippen LogP contribution in [0.4, 0.5) is 5.82 Å². The molecule has 36 heavy (non-hydrogen) atoms. The maximum Gasteiger partial charge on any atom is 0.300 e. The third-order valence-corrected chi connectivity index (χ3v) is 6.80. The van der Waals surface area contributed by atoms with Crippen LogP contribution in [0, 0.1) is 5.41 Å². The smallest absolute Gasteiger partial charge is 0.300 e.